The lowest BCUT2D eigenvalue weighted by Crippen LogP contribution is -2.54. The van der Waals surface area contributed by atoms with Crippen molar-refractivity contribution in [1.82, 2.24) is 5.32 Å². The molecule has 0 fully saturated rings. The Hall–Kier alpha value is -0.200. The first kappa shape index (κ1) is 15.8. The van der Waals surface area contributed by atoms with Crippen LogP contribution in [0.2, 0.25) is 0 Å². The number of nitrogens with one attached hydrogen (secondary N) is 1. The molecule has 0 radical (unpaired) electrons. The molecule has 16 heavy (non-hydrogen) atoms. The van der Waals surface area contributed by atoms with Crippen LogP contribution in [-0.2, 0) is 9.47 Å². The fourth-order valence-corrected chi connectivity index (χ4v) is 1.69. The van der Waals surface area contributed by atoms with E-state index in [9.17, 15) is 0 Å². The molecule has 0 aliphatic rings. The van der Waals surface area contributed by atoms with Crippen molar-refractivity contribution in [2.24, 2.45) is 5.73 Å². The van der Waals surface area contributed by atoms with Gasteiger partial charge in [-0.3, -0.25) is 0 Å². The standard InChI is InChI=1S/C11H26N2O3/c1-9(5-6-14)13-11(2,8-12)7-10(15-3)16-4/h9-10,13-14H,5-8,12H2,1-4H3. The van der Waals surface area contributed by atoms with Crippen LogP contribution in [0.1, 0.15) is 26.7 Å². The Labute approximate surface area is 98.3 Å². The van der Waals surface area contributed by atoms with Crippen molar-refractivity contribution in [1.29, 1.82) is 0 Å². The van der Waals surface area contributed by atoms with Crippen LogP contribution in [-0.4, -0.2) is 50.3 Å². The van der Waals surface area contributed by atoms with E-state index in [0.29, 0.717) is 19.4 Å². The molecule has 5 nitrogen and oxygen atoms in total. The van der Waals surface area contributed by atoms with Crippen LogP contribution in [0.5, 0.6) is 0 Å². The normalized spacial score (nSPS) is 17.4. The van der Waals surface area contributed by atoms with Gasteiger partial charge in [0.05, 0.1) is 0 Å². The summed E-state index contributed by atoms with van der Waals surface area (Å²) in [6.07, 6.45) is 1.12. The molecule has 0 rings (SSSR count). The number of hydrogen-bond donors (Lipinski definition) is 3. The van der Waals surface area contributed by atoms with Crippen LogP contribution in [0.25, 0.3) is 0 Å². The lowest BCUT2D eigenvalue weighted by atomic mass is 9.96. The molecule has 0 spiro atoms. The third kappa shape index (κ3) is 5.77. The van der Waals surface area contributed by atoms with Gasteiger partial charge in [-0.25, -0.2) is 0 Å². The highest BCUT2D eigenvalue weighted by atomic mass is 16.7. The summed E-state index contributed by atoms with van der Waals surface area (Å²) in [5.74, 6) is 0. The third-order valence-corrected chi connectivity index (χ3v) is 2.75. The lowest BCUT2D eigenvalue weighted by molar-refractivity contribution is -0.118. The Morgan fingerprint density at radius 3 is 2.31 bits per heavy atom. The minimum Gasteiger partial charge on any atom is -0.396 e. The number of hydrogen-bond acceptors (Lipinski definition) is 5. The zero-order valence-electron chi connectivity index (χ0n) is 10.8. The third-order valence-electron chi connectivity index (χ3n) is 2.75. The van der Waals surface area contributed by atoms with E-state index in [1.807, 2.05) is 13.8 Å². The second-order valence-electron chi connectivity index (χ2n) is 4.43. The smallest absolute Gasteiger partial charge is 0.158 e. The van der Waals surface area contributed by atoms with Crippen LogP contribution in [0.3, 0.4) is 0 Å². The van der Waals surface area contributed by atoms with E-state index in [1.54, 1.807) is 14.2 Å². The maximum Gasteiger partial charge on any atom is 0.158 e. The van der Waals surface area contributed by atoms with Gasteiger partial charge in [0.15, 0.2) is 6.29 Å². The van der Waals surface area contributed by atoms with E-state index in [2.05, 4.69) is 5.32 Å². The van der Waals surface area contributed by atoms with Gasteiger partial charge in [0, 0.05) is 45.4 Å². The Morgan fingerprint density at radius 1 is 1.38 bits per heavy atom. The van der Waals surface area contributed by atoms with Crippen molar-refractivity contribution >= 4 is 0 Å². The highest BCUT2D eigenvalue weighted by Crippen LogP contribution is 2.15. The van der Waals surface area contributed by atoms with Gasteiger partial charge in [0.1, 0.15) is 0 Å². The molecule has 0 heterocycles. The molecule has 2 unspecified atom stereocenters. The average molecular weight is 234 g/mol. The molecule has 0 aromatic heterocycles. The molecule has 0 bridgehead atoms. The van der Waals surface area contributed by atoms with Gasteiger partial charge in [0.25, 0.3) is 0 Å². The largest absolute Gasteiger partial charge is 0.396 e. The zero-order valence-corrected chi connectivity index (χ0v) is 10.8. The Morgan fingerprint density at radius 2 is 1.94 bits per heavy atom. The molecule has 0 aromatic carbocycles. The minimum atomic E-state index is -0.262. The first-order valence-corrected chi connectivity index (χ1v) is 5.65. The van der Waals surface area contributed by atoms with Crippen LogP contribution < -0.4 is 11.1 Å². The molecular formula is C11H26N2O3. The van der Waals surface area contributed by atoms with Crippen molar-refractivity contribution in [2.45, 2.75) is 44.6 Å². The SMILES string of the molecule is COC(CC(C)(CN)NC(C)CCO)OC. The molecule has 0 aromatic rings. The summed E-state index contributed by atoms with van der Waals surface area (Å²) in [5, 5.41) is 12.3. The summed E-state index contributed by atoms with van der Waals surface area (Å²) in [7, 11) is 3.23. The van der Waals surface area contributed by atoms with E-state index in [1.165, 1.54) is 0 Å². The maximum atomic E-state index is 8.86. The van der Waals surface area contributed by atoms with E-state index in [-0.39, 0.29) is 24.5 Å². The minimum absolute atomic E-state index is 0.173. The second kappa shape index (κ2) is 7.97. The summed E-state index contributed by atoms with van der Waals surface area (Å²) in [6, 6.07) is 0.216. The molecule has 5 heteroatoms. The second-order valence-corrected chi connectivity index (χ2v) is 4.43. The van der Waals surface area contributed by atoms with Gasteiger partial charge in [-0.05, 0) is 20.3 Å². The molecule has 98 valence electrons. The lowest BCUT2D eigenvalue weighted by Gasteiger charge is -2.35. The Balaban J connectivity index is 4.28. The number of methoxy groups -OCH3 is 2. The number of rotatable bonds is 9. The molecule has 0 aliphatic heterocycles. The van der Waals surface area contributed by atoms with Gasteiger partial charge in [-0.15, -0.1) is 0 Å². The molecule has 0 saturated heterocycles. The van der Waals surface area contributed by atoms with Gasteiger partial charge < -0.3 is 25.6 Å². The molecular weight excluding hydrogens is 208 g/mol. The summed E-state index contributed by atoms with van der Waals surface area (Å²) in [6.45, 7) is 4.73. The van der Waals surface area contributed by atoms with Crippen LogP contribution in [0.15, 0.2) is 0 Å². The maximum absolute atomic E-state index is 8.86. The fraction of sp³-hybridized carbons (Fsp3) is 1.00. The number of aliphatic hydroxyl groups excluding tert-OH is 1. The van der Waals surface area contributed by atoms with Gasteiger partial charge in [-0.1, -0.05) is 0 Å². The summed E-state index contributed by atoms with van der Waals surface area (Å²) >= 11 is 0. The number of aliphatic hydroxyl groups is 1. The average Bonchev–Trinajstić information content (AvgIpc) is 2.26. The monoisotopic (exact) mass is 234 g/mol. The van der Waals surface area contributed by atoms with Crippen molar-refractivity contribution in [3.05, 3.63) is 0 Å². The van der Waals surface area contributed by atoms with Crippen LogP contribution >= 0.6 is 0 Å². The van der Waals surface area contributed by atoms with Crippen LogP contribution in [0.4, 0.5) is 0 Å². The zero-order chi connectivity index (χ0) is 12.6. The van der Waals surface area contributed by atoms with E-state index in [4.69, 9.17) is 20.3 Å². The summed E-state index contributed by atoms with van der Waals surface area (Å²) < 4.78 is 10.3. The number of ether oxygens (including phenoxy) is 2. The molecule has 4 N–H and O–H groups in total. The van der Waals surface area contributed by atoms with Crippen LogP contribution in [0, 0.1) is 0 Å². The highest BCUT2D eigenvalue weighted by Gasteiger charge is 2.28. The van der Waals surface area contributed by atoms with Crippen molar-refractivity contribution in [3.8, 4) is 0 Å². The van der Waals surface area contributed by atoms with Crippen molar-refractivity contribution in [2.75, 3.05) is 27.4 Å². The molecule has 0 saturated carbocycles. The first-order chi connectivity index (χ1) is 7.51. The fourth-order valence-electron chi connectivity index (χ4n) is 1.69. The quantitative estimate of drug-likeness (QED) is 0.492. The number of nitrogens with two attached hydrogens (primary N) is 1. The van der Waals surface area contributed by atoms with Gasteiger partial charge >= 0.3 is 0 Å². The molecule has 0 amide bonds. The van der Waals surface area contributed by atoms with E-state index < -0.39 is 0 Å². The molecule has 2 atom stereocenters. The molecule has 0 aliphatic carbocycles. The first-order valence-electron chi connectivity index (χ1n) is 5.65. The predicted molar refractivity (Wildman–Crippen MR) is 64.2 cm³/mol. The van der Waals surface area contributed by atoms with Gasteiger partial charge in [-0.2, -0.15) is 0 Å². The Bertz CT molecular complexity index is 177. The summed E-state index contributed by atoms with van der Waals surface area (Å²) in [4.78, 5) is 0. The topological polar surface area (TPSA) is 76.7 Å². The highest BCUT2D eigenvalue weighted by molar-refractivity contribution is 4.87. The van der Waals surface area contributed by atoms with Gasteiger partial charge in [0.2, 0.25) is 0 Å². The predicted octanol–water partition coefficient (Wildman–Crippen LogP) is 0.0733. The van der Waals surface area contributed by atoms with E-state index >= 15 is 0 Å². The van der Waals surface area contributed by atoms with Crippen molar-refractivity contribution < 1.29 is 14.6 Å². The summed E-state index contributed by atoms with van der Waals surface area (Å²) in [5.41, 5.74) is 5.53. The van der Waals surface area contributed by atoms with Crippen molar-refractivity contribution in [3.63, 3.8) is 0 Å². The Kier molecular flexibility index (Phi) is 7.87. The van der Waals surface area contributed by atoms with E-state index in [0.717, 1.165) is 0 Å².